The van der Waals surface area contributed by atoms with E-state index in [0.29, 0.717) is 22.0 Å². The molecule has 2 aromatic rings. The first kappa shape index (κ1) is 13.3. The van der Waals surface area contributed by atoms with Crippen molar-refractivity contribution in [1.29, 1.82) is 0 Å². The summed E-state index contributed by atoms with van der Waals surface area (Å²) in [5.74, 6) is 0.187. The van der Waals surface area contributed by atoms with E-state index in [1.165, 1.54) is 0 Å². The van der Waals surface area contributed by atoms with Crippen LogP contribution in [0.25, 0.3) is 0 Å². The van der Waals surface area contributed by atoms with E-state index in [-0.39, 0.29) is 11.8 Å². The van der Waals surface area contributed by atoms with Gasteiger partial charge in [0.2, 0.25) is 0 Å². The summed E-state index contributed by atoms with van der Waals surface area (Å²) in [7, 11) is 0. The van der Waals surface area contributed by atoms with Gasteiger partial charge in [-0.05, 0) is 35.9 Å². The highest BCUT2D eigenvalue weighted by Gasteiger charge is 2.23. The molecule has 2 N–H and O–H groups in total. The molecule has 1 atom stereocenters. The number of rotatable bonds is 2. The van der Waals surface area contributed by atoms with Gasteiger partial charge in [0.05, 0.1) is 11.8 Å². The number of phenolic OH excluding ortho intramolecular Hbond substituents is 1. The van der Waals surface area contributed by atoms with Crippen LogP contribution >= 0.6 is 23.2 Å². The van der Waals surface area contributed by atoms with Crippen molar-refractivity contribution in [2.75, 3.05) is 0 Å². The van der Waals surface area contributed by atoms with Crippen molar-refractivity contribution < 1.29 is 5.11 Å². The zero-order valence-electron chi connectivity index (χ0n) is 10.5. The summed E-state index contributed by atoms with van der Waals surface area (Å²) in [5.41, 5.74) is 5.65. The number of hydrazone groups is 1. The lowest BCUT2D eigenvalue weighted by Gasteiger charge is -2.10. The Balaban J connectivity index is 1.82. The van der Waals surface area contributed by atoms with E-state index in [1.54, 1.807) is 18.2 Å². The smallest absolute Gasteiger partial charge is 0.124 e. The summed E-state index contributed by atoms with van der Waals surface area (Å²) in [4.78, 5) is 0. The average molecular weight is 307 g/mol. The molecule has 5 heteroatoms. The first-order chi connectivity index (χ1) is 9.63. The summed E-state index contributed by atoms with van der Waals surface area (Å²) in [6.45, 7) is 0. The Morgan fingerprint density at radius 3 is 2.50 bits per heavy atom. The third kappa shape index (κ3) is 2.60. The summed E-state index contributed by atoms with van der Waals surface area (Å²) in [6, 6.07) is 12.7. The molecule has 20 heavy (non-hydrogen) atoms. The molecule has 0 unspecified atom stereocenters. The topological polar surface area (TPSA) is 44.6 Å². The minimum absolute atomic E-state index is 0.0839. The fourth-order valence-corrected chi connectivity index (χ4v) is 2.54. The van der Waals surface area contributed by atoms with Crippen molar-refractivity contribution in [3.05, 3.63) is 63.6 Å². The number of benzene rings is 2. The molecule has 0 amide bonds. The van der Waals surface area contributed by atoms with Crippen LogP contribution in [0.1, 0.15) is 23.6 Å². The Labute approximate surface area is 126 Å². The minimum atomic E-state index is 0.0839. The number of phenols is 1. The zero-order chi connectivity index (χ0) is 14.1. The number of hydrogen-bond donors (Lipinski definition) is 2. The fourth-order valence-electron chi connectivity index (χ4n) is 2.24. The molecule has 1 heterocycles. The van der Waals surface area contributed by atoms with Gasteiger partial charge < -0.3 is 10.5 Å². The lowest BCUT2D eigenvalue weighted by molar-refractivity contribution is 0.474. The van der Waals surface area contributed by atoms with E-state index in [9.17, 15) is 5.11 Å². The molecule has 1 aliphatic heterocycles. The summed E-state index contributed by atoms with van der Waals surface area (Å²) in [5, 5.41) is 15.5. The van der Waals surface area contributed by atoms with Gasteiger partial charge in [0, 0.05) is 22.0 Å². The number of halogens is 2. The Hall–Kier alpha value is -1.71. The molecule has 0 radical (unpaired) electrons. The number of hydrogen-bond acceptors (Lipinski definition) is 3. The molecule has 1 aliphatic rings. The molecule has 3 nitrogen and oxygen atoms in total. The zero-order valence-corrected chi connectivity index (χ0v) is 12.0. The maximum Gasteiger partial charge on any atom is 0.124 e. The van der Waals surface area contributed by atoms with Crippen LogP contribution in [-0.4, -0.2) is 10.8 Å². The van der Waals surface area contributed by atoms with Gasteiger partial charge >= 0.3 is 0 Å². The Bertz CT molecular complexity index is 668. The lowest BCUT2D eigenvalue weighted by atomic mass is 9.99. The van der Waals surface area contributed by atoms with Crippen LogP contribution in [0.3, 0.4) is 0 Å². The molecule has 0 spiro atoms. The van der Waals surface area contributed by atoms with Crippen LogP contribution in [0, 0.1) is 0 Å². The predicted molar refractivity (Wildman–Crippen MR) is 81.6 cm³/mol. The highest BCUT2D eigenvalue weighted by Crippen LogP contribution is 2.30. The van der Waals surface area contributed by atoms with Crippen LogP contribution in [0.15, 0.2) is 47.6 Å². The summed E-state index contributed by atoms with van der Waals surface area (Å²) < 4.78 is 0. The van der Waals surface area contributed by atoms with Gasteiger partial charge in [0.25, 0.3) is 0 Å². The summed E-state index contributed by atoms with van der Waals surface area (Å²) >= 11 is 11.8. The van der Waals surface area contributed by atoms with Gasteiger partial charge in [-0.25, -0.2) is 0 Å². The van der Waals surface area contributed by atoms with Crippen molar-refractivity contribution >= 4 is 28.9 Å². The number of nitrogens with one attached hydrogen (secondary N) is 1. The van der Waals surface area contributed by atoms with Gasteiger partial charge in [0.1, 0.15) is 5.75 Å². The summed E-state index contributed by atoms with van der Waals surface area (Å²) in [6.07, 6.45) is 0.690. The third-order valence-corrected chi connectivity index (χ3v) is 3.78. The number of nitrogens with zero attached hydrogens (tertiary/aromatic N) is 1. The van der Waals surface area contributed by atoms with E-state index in [0.717, 1.165) is 11.3 Å². The number of aromatic hydroxyl groups is 1. The average Bonchev–Trinajstić information content (AvgIpc) is 2.92. The van der Waals surface area contributed by atoms with E-state index in [2.05, 4.69) is 10.5 Å². The quantitative estimate of drug-likeness (QED) is 0.876. The molecule has 0 aliphatic carbocycles. The molecule has 3 rings (SSSR count). The molecule has 0 saturated carbocycles. The molecule has 2 aromatic carbocycles. The SMILES string of the molecule is Oc1ccc(Cl)cc1C1=NN[C@H](c2ccc(Cl)cc2)C1. The second-order valence-corrected chi connectivity index (χ2v) is 5.53. The molecular formula is C15H12Cl2N2O. The normalized spacial score (nSPS) is 17.7. The largest absolute Gasteiger partial charge is 0.507 e. The molecule has 0 aromatic heterocycles. The van der Waals surface area contributed by atoms with Crippen molar-refractivity contribution in [3.8, 4) is 5.75 Å². The minimum Gasteiger partial charge on any atom is -0.507 e. The Morgan fingerprint density at radius 2 is 1.75 bits per heavy atom. The molecule has 0 fully saturated rings. The second kappa shape index (κ2) is 5.35. The molecule has 0 saturated heterocycles. The molecule has 102 valence electrons. The van der Waals surface area contributed by atoms with Crippen molar-refractivity contribution in [3.63, 3.8) is 0 Å². The van der Waals surface area contributed by atoms with Crippen LogP contribution in [0.5, 0.6) is 5.75 Å². The van der Waals surface area contributed by atoms with Gasteiger partial charge in [-0.15, -0.1) is 0 Å². The van der Waals surface area contributed by atoms with E-state index in [1.807, 2.05) is 24.3 Å². The fraction of sp³-hybridized carbons (Fsp3) is 0.133. The van der Waals surface area contributed by atoms with Crippen LogP contribution in [0.2, 0.25) is 10.0 Å². The highest BCUT2D eigenvalue weighted by molar-refractivity contribution is 6.31. The van der Waals surface area contributed by atoms with Gasteiger partial charge in [-0.1, -0.05) is 35.3 Å². The van der Waals surface area contributed by atoms with Gasteiger partial charge in [-0.2, -0.15) is 5.10 Å². The Kier molecular flexibility index (Phi) is 3.55. The monoisotopic (exact) mass is 306 g/mol. The molecule has 0 bridgehead atoms. The predicted octanol–water partition coefficient (Wildman–Crippen LogP) is 4.14. The van der Waals surface area contributed by atoms with Gasteiger partial charge in [0.15, 0.2) is 0 Å². The maximum absolute atomic E-state index is 9.90. The first-order valence-corrected chi connectivity index (χ1v) is 6.95. The van der Waals surface area contributed by atoms with Crippen molar-refractivity contribution in [2.45, 2.75) is 12.5 Å². The van der Waals surface area contributed by atoms with Crippen LogP contribution in [-0.2, 0) is 0 Å². The van der Waals surface area contributed by atoms with Crippen molar-refractivity contribution in [2.24, 2.45) is 5.10 Å². The third-order valence-electron chi connectivity index (χ3n) is 3.29. The highest BCUT2D eigenvalue weighted by atomic mass is 35.5. The lowest BCUT2D eigenvalue weighted by Crippen LogP contribution is -2.09. The first-order valence-electron chi connectivity index (χ1n) is 6.20. The van der Waals surface area contributed by atoms with E-state index in [4.69, 9.17) is 23.2 Å². The van der Waals surface area contributed by atoms with E-state index >= 15 is 0 Å². The van der Waals surface area contributed by atoms with Crippen molar-refractivity contribution in [1.82, 2.24) is 5.43 Å². The van der Waals surface area contributed by atoms with Crippen LogP contribution in [0.4, 0.5) is 0 Å². The van der Waals surface area contributed by atoms with E-state index < -0.39 is 0 Å². The van der Waals surface area contributed by atoms with Crippen LogP contribution < -0.4 is 5.43 Å². The van der Waals surface area contributed by atoms with Gasteiger partial charge in [-0.3, -0.25) is 0 Å². The second-order valence-electron chi connectivity index (χ2n) is 4.66. The molecular weight excluding hydrogens is 295 g/mol. The maximum atomic E-state index is 9.90. The standard InChI is InChI=1S/C15H12Cl2N2O/c16-10-3-1-9(2-4-10)13-8-14(19-18-13)12-7-11(17)5-6-15(12)20/h1-7,13,18,20H,8H2/t13-/m0/s1. The Morgan fingerprint density at radius 1 is 1.05 bits per heavy atom.